The first kappa shape index (κ1) is 4.67. The number of hydrogen-bond acceptors (Lipinski definition) is 2. The van der Waals surface area contributed by atoms with Crippen LogP contribution < -0.4 is 0 Å². The van der Waals surface area contributed by atoms with Gasteiger partial charge in [-0.25, -0.2) is 0 Å². The summed E-state index contributed by atoms with van der Waals surface area (Å²) in [5.41, 5.74) is 7.85. The van der Waals surface area contributed by atoms with Crippen molar-refractivity contribution in [2.24, 2.45) is 5.11 Å². The highest BCUT2D eigenvalue weighted by molar-refractivity contribution is 5.21. The van der Waals surface area contributed by atoms with Crippen LogP contribution in [0.15, 0.2) is 17.4 Å². The lowest BCUT2D eigenvalue weighted by Gasteiger charge is -1.71. The van der Waals surface area contributed by atoms with E-state index in [4.69, 9.17) is 5.53 Å². The summed E-state index contributed by atoms with van der Waals surface area (Å²) in [4.78, 5) is 2.53. The van der Waals surface area contributed by atoms with E-state index in [0.29, 0.717) is 5.82 Å². The van der Waals surface area contributed by atoms with Crippen LogP contribution in [0.5, 0.6) is 0 Å². The van der Waals surface area contributed by atoms with Crippen LogP contribution in [0.3, 0.4) is 0 Å². The summed E-state index contributed by atoms with van der Waals surface area (Å²) in [7, 11) is 0. The third-order valence-corrected chi connectivity index (χ3v) is 0.638. The number of aromatic nitrogens is 2. The zero-order chi connectivity index (χ0) is 5.82. The molecule has 0 saturated carbocycles. The minimum atomic E-state index is 0.438. The van der Waals surface area contributed by atoms with Crippen LogP contribution in [-0.4, -0.2) is 10.2 Å². The molecule has 0 saturated heterocycles. The van der Waals surface area contributed by atoms with Crippen molar-refractivity contribution >= 4 is 5.82 Å². The second kappa shape index (κ2) is 1.99. The van der Waals surface area contributed by atoms with Crippen LogP contribution >= 0.6 is 0 Å². The Morgan fingerprint density at radius 1 is 1.88 bits per heavy atom. The molecule has 0 aliphatic carbocycles. The molecule has 0 spiro atoms. The zero-order valence-electron chi connectivity index (χ0n) is 3.94. The van der Waals surface area contributed by atoms with E-state index in [1.165, 1.54) is 6.20 Å². The zero-order valence-corrected chi connectivity index (χ0v) is 3.94. The highest BCUT2D eigenvalue weighted by Crippen LogP contribution is 2.02. The number of H-pyrrole nitrogens is 1. The largest absolute Gasteiger partial charge is 0.276 e. The minimum Gasteiger partial charge on any atom is -0.276 e. The molecule has 0 aromatic carbocycles. The summed E-state index contributed by atoms with van der Waals surface area (Å²) < 4.78 is 0. The van der Waals surface area contributed by atoms with Crippen molar-refractivity contribution in [1.29, 1.82) is 0 Å². The Bertz CT molecular complexity index is 193. The Labute approximate surface area is 45.0 Å². The van der Waals surface area contributed by atoms with Crippen LogP contribution in [0, 0.1) is 0 Å². The molecule has 0 atom stereocenters. The molecule has 0 aliphatic rings. The standard InChI is InChI=1S/C3H3N5/c4-8-7-3-1-2-5-6-3/h1-2H,(H,5,6). The van der Waals surface area contributed by atoms with Crippen molar-refractivity contribution < 1.29 is 0 Å². The maximum atomic E-state index is 7.85. The molecule has 1 aromatic rings. The molecule has 0 radical (unpaired) electrons. The first-order valence-electron chi connectivity index (χ1n) is 1.98. The molecule has 1 aromatic heterocycles. The van der Waals surface area contributed by atoms with Gasteiger partial charge in [0.05, 0.1) is 0 Å². The summed E-state index contributed by atoms with van der Waals surface area (Å²) in [5.74, 6) is 0.438. The van der Waals surface area contributed by atoms with Crippen molar-refractivity contribution in [3.8, 4) is 0 Å². The lowest BCUT2D eigenvalue weighted by Crippen LogP contribution is -1.59. The van der Waals surface area contributed by atoms with E-state index >= 15 is 0 Å². The average Bonchev–Trinajstić information content (AvgIpc) is 2.19. The number of azide groups is 1. The lowest BCUT2D eigenvalue weighted by molar-refractivity contribution is 1.08. The maximum Gasteiger partial charge on any atom is 0.121 e. The van der Waals surface area contributed by atoms with E-state index in [1.807, 2.05) is 0 Å². The molecule has 1 N–H and O–H groups in total. The van der Waals surface area contributed by atoms with Gasteiger partial charge in [-0.1, -0.05) is 0 Å². The second-order valence-corrected chi connectivity index (χ2v) is 1.13. The van der Waals surface area contributed by atoms with Gasteiger partial charge in [-0.05, 0) is 16.7 Å². The van der Waals surface area contributed by atoms with Crippen molar-refractivity contribution in [2.45, 2.75) is 0 Å². The van der Waals surface area contributed by atoms with Crippen LogP contribution in [-0.2, 0) is 0 Å². The highest BCUT2D eigenvalue weighted by Gasteiger charge is 1.81. The molecule has 0 amide bonds. The van der Waals surface area contributed by atoms with Gasteiger partial charge in [0.15, 0.2) is 0 Å². The second-order valence-electron chi connectivity index (χ2n) is 1.13. The third kappa shape index (κ3) is 0.772. The monoisotopic (exact) mass is 109 g/mol. The fraction of sp³-hybridized carbons (Fsp3) is 0. The Morgan fingerprint density at radius 3 is 3.25 bits per heavy atom. The van der Waals surface area contributed by atoms with Gasteiger partial charge in [-0.2, -0.15) is 5.10 Å². The van der Waals surface area contributed by atoms with E-state index in [-0.39, 0.29) is 0 Å². The first-order valence-corrected chi connectivity index (χ1v) is 1.98. The Hall–Kier alpha value is -1.48. The molecule has 0 fully saturated rings. The van der Waals surface area contributed by atoms with Gasteiger partial charge in [-0.15, -0.1) is 0 Å². The summed E-state index contributed by atoms with van der Waals surface area (Å²) in [5, 5.41) is 9.25. The molecule has 1 rings (SSSR count). The van der Waals surface area contributed by atoms with Gasteiger partial charge in [0, 0.05) is 11.1 Å². The van der Waals surface area contributed by atoms with Crippen molar-refractivity contribution in [1.82, 2.24) is 10.2 Å². The minimum absolute atomic E-state index is 0.438. The predicted octanol–water partition coefficient (Wildman–Crippen LogP) is 1.35. The first-order chi connectivity index (χ1) is 3.93. The Balaban J connectivity index is 2.93. The number of rotatable bonds is 1. The molecular weight excluding hydrogens is 106 g/mol. The summed E-state index contributed by atoms with van der Waals surface area (Å²) in [6.45, 7) is 0. The van der Waals surface area contributed by atoms with Gasteiger partial charge in [0.2, 0.25) is 0 Å². The molecule has 5 nitrogen and oxygen atoms in total. The number of nitrogens with zero attached hydrogens (tertiary/aromatic N) is 4. The van der Waals surface area contributed by atoms with Crippen molar-refractivity contribution in [2.75, 3.05) is 0 Å². The summed E-state index contributed by atoms with van der Waals surface area (Å²) in [6.07, 6.45) is 1.52. The van der Waals surface area contributed by atoms with Gasteiger partial charge in [0.1, 0.15) is 5.82 Å². The number of hydrogen-bond donors (Lipinski definition) is 1. The summed E-state index contributed by atoms with van der Waals surface area (Å²) in [6, 6.07) is 1.58. The normalized spacial score (nSPS) is 8.00. The van der Waals surface area contributed by atoms with Gasteiger partial charge >= 0.3 is 0 Å². The van der Waals surface area contributed by atoms with E-state index in [1.54, 1.807) is 6.07 Å². The molecule has 0 bridgehead atoms. The molecule has 0 aliphatic heterocycles. The van der Waals surface area contributed by atoms with E-state index in [0.717, 1.165) is 0 Å². The smallest absolute Gasteiger partial charge is 0.121 e. The maximum absolute atomic E-state index is 7.85. The van der Waals surface area contributed by atoms with Crippen molar-refractivity contribution in [3.63, 3.8) is 0 Å². The highest BCUT2D eigenvalue weighted by atomic mass is 15.2. The Morgan fingerprint density at radius 2 is 2.75 bits per heavy atom. The SMILES string of the molecule is [N-]=[N+]=Nc1ccn[nH]1. The third-order valence-electron chi connectivity index (χ3n) is 0.638. The predicted molar refractivity (Wildman–Crippen MR) is 27.4 cm³/mol. The molecule has 1 heterocycles. The molecule has 0 unspecified atom stereocenters. The van der Waals surface area contributed by atoms with E-state index in [9.17, 15) is 0 Å². The molecule has 8 heavy (non-hydrogen) atoms. The summed E-state index contributed by atoms with van der Waals surface area (Å²) >= 11 is 0. The van der Waals surface area contributed by atoms with Crippen molar-refractivity contribution in [3.05, 3.63) is 22.7 Å². The van der Waals surface area contributed by atoms with E-state index < -0.39 is 0 Å². The number of aromatic amines is 1. The van der Waals surface area contributed by atoms with Crippen LogP contribution in [0.1, 0.15) is 0 Å². The quantitative estimate of drug-likeness (QED) is 0.329. The van der Waals surface area contributed by atoms with Crippen LogP contribution in [0.25, 0.3) is 10.4 Å². The van der Waals surface area contributed by atoms with Gasteiger partial charge in [0.25, 0.3) is 0 Å². The van der Waals surface area contributed by atoms with Crippen LogP contribution in [0.4, 0.5) is 5.82 Å². The fourth-order valence-corrected chi connectivity index (χ4v) is 0.352. The molecular formula is C3H3N5. The Kier molecular flexibility index (Phi) is 1.16. The van der Waals surface area contributed by atoms with Gasteiger partial charge < -0.3 is 0 Å². The fourth-order valence-electron chi connectivity index (χ4n) is 0.352. The molecule has 40 valence electrons. The number of nitrogens with one attached hydrogen (secondary N) is 1. The average molecular weight is 109 g/mol. The lowest BCUT2D eigenvalue weighted by atomic mass is 10.7. The van der Waals surface area contributed by atoms with E-state index in [2.05, 4.69) is 20.2 Å². The molecule has 5 heteroatoms. The topological polar surface area (TPSA) is 77.4 Å². The van der Waals surface area contributed by atoms with Gasteiger partial charge in [-0.3, -0.25) is 5.10 Å². The van der Waals surface area contributed by atoms with Crippen LogP contribution in [0.2, 0.25) is 0 Å².